The van der Waals surface area contributed by atoms with Gasteiger partial charge in [0.15, 0.2) is 0 Å². The van der Waals surface area contributed by atoms with Crippen molar-refractivity contribution in [2.24, 2.45) is 11.1 Å². The lowest BCUT2D eigenvalue weighted by atomic mass is 9.71. The van der Waals surface area contributed by atoms with Crippen LogP contribution in [0.5, 0.6) is 0 Å². The first kappa shape index (κ1) is 23.1. The van der Waals surface area contributed by atoms with Crippen LogP contribution >= 0.6 is 24.8 Å². The maximum Gasteiger partial charge on any atom is 0.220 e. The first-order chi connectivity index (χ1) is 10.6. The molecule has 0 bridgehead atoms. The number of nitrogens with two attached hydrogens (primary N) is 1. The summed E-state index contributed by atoms with van der Waals surface area (Å²) >= 11 is 0. The van der Waals surface area contributed by atoms with Crippen molar-refractivity contribution < 1.29 is 4.79 Å². The molecular weight excluding hydrogens is 349 g/mol. The Morgan fingerprint density at radius 1 is 1.33 bits per heavy atom. The minimum absolute atomic E-state index is 0. The van der Waals surface area contributed by atoms with Gasteiger partial charge in [0, 0.05) is 25.4 Å². The molecule has 6 nitrogen and oxygen atoms in total. The molecule has 1 heterocycles. The van der Waals surface area contributed by atoms with Crippen molar-refractivity contribution in [2.75, 3.05) is 13.1 Å². The lowest BCUT2D eigenvalue weighted by molar-refractivity contribution is -0.123. The van der Waals surface area contributed by atoms with Gasteiger partial charge in [-0.15, -0.1) is 35.0 Å². The summed E-state index contributed by atoms with van der Waals surface area (Å²) < 4.78 is 2.00. The minimum Gasteiger partial charge on any atom is -0.354 e. The van der Waals surface area contributed by atoms with Crippen molar-refractivity contribution in [3.8, 4) is 0 Å². The van der Waals surface area contributed by atoms with Gasteiger partial charge in [-0.1, -0.05) is 33.1 Å². The summed E-state index contributed by atoms with van der Waals surface area (Å²) in [6, 6.07) is 0. The Labute approximate surface area is 157 Å². The number of nitrogens with one attached hydrogen (secondary N) is 1. The number of aromatic nitrogens is 3. The number of hydrogen-bond acceptors (Lipinski definition) is 4. The Hall–Kier alpha value is -0.850. The van der Waals surface area contributed by atoms with Crippen molar-refractivity contribution in [2.45, 2.75) is 64.8 Å². The van der Waals surface area contributed by atoms with Crippen LogP contribution < -0.4 is 11.1 Å². The molecule has 1 aliphatic rings. The number of carbonyl (C=O) groups excluding carboxylic acids is 1. The summed E-state index contributed by atoms with van der Waals surface area (Å²) in [6.45, 7) is 6.11. The monoisotopic (exact) mass is 379 g/mol. The molecule has 2 rings (SSSR count). The largest absolute Gasteiger partial charge is 0.354 e. The van der Waals surface area contributed by atoms with Gasteiger partial charge >= 0.3 is 0 Å². The molecule has 0 atom stereocenters. The topological polar surface area (TPSA) is 85.8 Å². The Morgan fingerprint density at radius 2 is 2.00 bits per heavy atom. The van der Waals surface area contributed by atoms with Gasteiger partial charge in [0.25, 0.3) is 0 Å². The standard InChI is InChI=1S/C16H29N5O.2ClH/c1-13(2)15-20-19-12-21(15)9-8-18-14(22)10-16(11-17)6-4-3-5-7-16;;/h12-13H,3-11,17H2,1-2H3,(H,18,22);2*1H. The van der Waals surface area contributed by atoms with Gasteiger partial charge < -0.3 is 15.6 Å². The zero-order chi connectivity index (χ0) is 16.0. The van der Waals surface area contributed by atoms with E-state index in [9.17, 15) is 4.79 Å². The van der Waals surface area contributed by atoms with Gasteiger partial charge in [-0.2, -0.15) is 0 Å². The molecular formula is C16H31Cl2N5O. The van der Waals surface area contributed by atoms with Crippen molar-refractivity contribution in [1.29, 1.82) is 0 Å². The highest BCUT2D eigenvalue weighted by Gasteiger charge is 2.32. The number of hydrogen-bond donors (Lipinski definition) is 2. The van der Waals surface area contributed by atoms with Crippen LogP contribution in [-0.2, 0) is 11.3 Å². The molecule has 1 aromatic rings. The maximum absolute atomic E-state index is 12.2. The van der Waals surface area contributed by atoms with E-state index in [-0.39, 0.29) is 36.1 Å². The van der Waals surface area contributed by atoms with E-state index < -0.39 is 0 Å². The summed E-state index contributed by atoms with van der Waals surface area (Å²) in [7, 11) is 0. The molecule has 24 heavy (non-hydrogen) atoms. The summed E-state index contributed by atoms with van der Waals surface area (Å²) in [4.78, 5) is 12.2. The van der Waals surface area contributed by atoms with Crippen LogP contribution in [0.4, 0.5) is 0 Å². The van der Waals surface area contributed by atoms with E-state index in [0.29, 0.717) is 32.0 Å². The van der Waals surface area contributed by atoms with E-state index in [1.807, 2.05) is 4.57 Å². The fourth-order valence-corrected chi connectivity index (χ4v) is 3.36. The fraction of sp³-hybridized carbons (Fsp3) is 0.812. The van der Waals surface area contributed by atoms with Crippen LogP contribution in [0.15, 0.2) is 6.33 Å². The van der Waals surface area contributed by atoms with Gasteiger partial charge in [-0.3, -0.25) is 4.79 Å². The predicted octanol–water partition coefficient (Wildman–Crippen LogP) is 2.66. The second kappa shape index (κ2) is 10.9. The SMILES string of the molecule is CC(C)c1nncn1CCNC(=O)CC1(CN)CCCCC1.Cl.Cl. The molecule has 140 valence electrons. The minimum atomic E-state index is 0. The van der Waals surface area contributed by atoms with Crippen LogP contribution in [0.2, 0.25) is 0 Å². The molecule has 0 unspecified atom stereocenters. The van der Waals surface area contributed by atoms with Crippen molar-refractivity contribution in [3.63, 3.8) is 0 Å². The van der Waals surface area contributed by atoms with Crippen LogP contribution in [0.1, 0.15) is 64.1 Å². The molecule has 3 N–H and O–H groups in total. The third-order valence-corrected chi connectivity index (χ3v) is 4.72. The molecule has 0 aromatic carbocycles. The summed E-state index contributed by atoms with van der Waals surface area (Å²) in [5.74, 6) is 1.41. The van der Waals surface area contributed by atoms with E-state index in [2.05, 4.69) is 29.4 Å². The third kappa shape index (κ3) is 6.22. The normalized spacial score (nSPS) is 16.2. The highest BCUT2D eigenvalue weighted by atomic mass is 35.5. The molecule has 1 fully saturated rings. The van der Waals surface area contributed by atoms with Crippen LogP contribution in [-0.4, -0.2) is 33.8 Å². The molecule has 8 heteroatoms. The average molecular weight is 380 g/mol. The Balaban J connectivity index is 0.00000264. The number of amides is 1. The second-order valence-corrected chi connectivity index (χ2v) is 6.83. The van der Waals surface area contributed by atoms with Crippen molar-refractivity contribution in [3.05, 3.63) is 12.2 Å². The molecule has 1 aromatic heterocycles. The fourth-order valence-electron chi connectivity index (χ4n) is 3.36. The zero-order valence-corrected chi connectivity index (χ0v) is 16.3. The van der Waals surface area contributed by atoms with E-state index in [1.54, 1.807) is 6.33 Å². The summed E-state index contributed by atoms with van der Waals surface area (Å²) in [5.41, 5.74) is 5.97. The third-order valence-electron chi connectivity index (χ3n) is 4.72. The lowest BCUT2D eigenvalue weighted by Gasteiger charge is -2.35. The highest BCUT2D eigenvalue weighted by Crippen LogP contribution is 2.38. The summed E-state index contributed by atoms with van der Waals surface area (Å²) in [6.07, 6.45) is 8.12. The Kier molecular flexibility index (Phi) is 10.5. The van der Waals surface area contributed by atoms with Gasteiger partial charge in [0.1, 0.15) is 12.2 Å². The van der Waals surface area contributed by atoms with Gasteiger partial charge in [0.2, 0.25) is 5.91 Å². The number of halogens is 2. The molecule has 0 radical (unpaired) electrons. The van der Waals surface area contributed by atoms with E-state index in [4.69, 9.17) is 5.73 Å². The first-order valence-corrected chi connectivity index (χ1v) is 8.41. The van der Waals surface area contributed by atoms with Crippen molar-refractivity contribution in [1.82, 2.24) is 20.1 Å². The van der Waals surface area contributed by atoms with Crippen LogP contribution in [0.25, 0.3) is 0 Å². The smallest absolute Gasteiger partial charge is 0.220 e. The average Bonchev–Trinajstić information content (AvgIpc) is 2.97. The predicted molar refractivity (Wildman–Crippen MR) is 101 cm³/mol. The van der Waals surface area contributed by atoms with E-state index in [1.165, 1.54) is 19.3 Å². The molecule has 0 saturated heterocycles. The van der Waals surface area contributed by atoms with Gasteiger partial charge in [0.05, 0.1) is 0 Å². The summed E-state index contributed by atoms with van der Waals surface area (Å²) in [5, 5.41) is 11.1. The molecule has 1 amide bonds. The second-order valence-electron chi connectivity index (χ2n) is 6.83. The number of rotatable bonds is 7. The van der Waals surface area contributed by atoms with Crippen LogP contribution in [0.3, 0.4) is 0 Å². The van der Waals surface area contributed by atoms with Crippen LogP contribution in [0, 0.1) is 5.41 Å². The lowest BCUT2D eigenvalue weighted by Crippen LogP contribution is -2.39. The highest BCUT2D eigenvalue weighted by molar-refractivity contribution is 5.85. The van der Waals surface area contributed by atoms with Gasteiger partial charge in [-0.25, -0.2) is 0 Å². The quantitative estimate of drug-likeness (QED) is 0.762. The molecule has 1 saturated carbocycles. The molecule has 1 aliphatic carbocycles. The van der Waals surface area contributed by atoms with Gasteiger partial charge in [-0.05, 0) is 24.8 Å². The Morgan fingerprint density at radius 3 is 2.58 bits per heavy atom. The number of carbonyl (C=O) groups is 1. The van der Waals surface area contributed by atoms with E-state index in [0.717, 1.165) is 18.7 Å². The maximum atomic E-state index is 12.2. The first-order valence-electron chi connectivity index (χ1n) is 8.41. The molecule has 0 aliphatic heterocycles. The molecule has 0 spiro atoms. The van der Waals surface area contributed by atoms with E-state index >= 15 is 0 Å². The zero-order valence-electron chi connectivity index (χ0n) is 14.7. The number of nitrogens with zero attached hydrogens (tertiary/aromatic N) is 3. The Bertz CT molecular complexity index is 487. The van der Waals surface area contributed by atoms with Crippen molar-refractivity contribution >= 4 is 30.7 Å².